The largest absolute Gasteiger partial charge is 0.115 e. The number of hydrogen-bond donors (Lipinski definition) is 0. The van der Waals surface area contributed by atoms with Gasteiger partial charge < -0.3 is 0 Å². The van der Waals surface area contributed by atoms with Crippen molar-refractivity contribution < 1.29 is 0 Å². The molecule has 0 aliphatic rings. The summed E-state index contributed by atoms with van der Waals surface area (Å²) in [6.45, 7) is 2.07. The first kappa shape index (κ1) is 19.0. The van der Waals surface area contributed by atoms with Crippen LogP contribution in [0.3, 0.4) is 0 Å². The minimum atomic E-state index is 0.844. The highest BCUT2D eigenvalue weighted by Crippen LogP contribution is 2.41. The van der Waals surface area contributed by atoms with Gasteiger partial charge in [-0.05, 0) is 71.1 Å². The second-order valence-electron chi connectivity index (χ2n) is 5.82. The van der Waals surface area contributed by atoms with Gasteiger partial charge in [-0.1, -0.05) is 71.8 Å². The van der Waals surface area contributed by atoms with Crippen LogP contribution >= 0.6 is 47.8 Å². The normalized spacial score (nSPS) is 10.2. The minimum absolute atomic E-state index is 0.844. The number of terminal acetylenes is 2. The SMILES string of the molecule is C#Cc1ccc(-c2cc(Br)c(-c3ccc(C#C)cc3Br)cc2Br)c(C)c1. The Morgan fingerprint density at radius 1 is 0.615 bits per heavy atom. The Morgan fingerprint density at radius 2 is 1.08 bits per heavy atom. The molecule has 0 aromatic heterocycles. The molecule has 0 N–H and O–H groups in total. The van der Waals surface area contributed by atoms with E-state index in [0.717, 1.165) is 52.4 Å². The molecule has 0 bridgehead atoms. The van der Waals surface area contributed by atoms with Crippen molar-refractivity contribution in [2.75, 3.05) is 0 Å². The van der Waals surface area contributed by atoms with E-state index in [-0.39, 0.29) is 0 Å². The van der Waals surface area contributed by atoms with Gasteiger partial charge in [0.2, 0.25) is 0 Å². The highest BCUT2D eigenvalue weighted by atomic mass is 79.9. The highest BCUT2D eigenvalue weighted by molar-refractivity contribution is 9.11. The van der Waals surface area contributed by atoms with Crippen LogP contribution in [0, 0.1) is 31.6 Å². The molecular formula is C23H13Br3. The number of benzene rings is 3. The van der Waals surface area contributed by atoms with E-state index < -0.39 is 0 Å². The van der Waals surface area contributed by atoms with Crippen LogP contribution in [0.25, 0.3) is 22.3 Å². The van der Waals surface area contributed by atoms with Gasteiger partial charge in [0.25, 0.3) is 0 Å². The molecule has 0 saturated carbocycles. The van der Waals surface area contributed by atoms with Crippen LogP contribution in [0.4, 0.5) is 0 Å². The average Bonchev–Trinajstić information content (AvgIpc) is 2.63. The van der Waals surface area contributed by atoms with Crippen LogP contribution in [0.2, 0.25) is 0 Å². The van der Waals surface area contributed by atoms with E-state index in [2.05, 4.69) is 84.8 Å². The Kier molecular flexibility index (Phi) is 5.73. The van der Waals surface area contributed by atoms with E-state index in [0.29, 0.717) is 0 Å². The van der Waals surface area contributed by atoms with Crippen LogP contribution in [0.1, 0.15) is 16.7 Å². The first-order chi connectivity index (χ1) is 12.4. The molecule has 0 saturated heterocycles. The van der Waals surface area contributed by atoms with Crippen LogP contribution in [0.5, 0.6) is 0 Å². The fourth-order valence-electron chi connectivity index (χ4n) is 2.84. The van der Waals surface area contributed by atoms with Gasteiger partial charge in [-0.2, -0.15) is 0 Å². The third-order valence-electron chi connectivity index (χ3n) is 4.17. The lowest BCUT2D eigenvalue weighted by molar-refractivity contribution is 1.43. The van der Waals surface area contributed by atoms with Gasteiger partial charge in [0.05, 0.1) is 0 Å². The molecule has 0 heterocycles. The summed E-state index contributed by atoms with van der Waals surface area (Å²) in [4.78, 5) is 0. The van der Waals surface area contributed by atoms with Gasteiger partial charge in [0, 0.05) is 24.5 Å². The highest BCUT2D eigenvalue weighted by Gasteiger charge is 2.14. The van der Waals surface area contributed by atoms with Crippen molar-refractivity contribution in [2.45, 2.75) is 6.92 Å². The van der Waals surface area contributed by atoms with Gasteiger partial charge in [-0.15, -0.1) is 12.8 Å². The van der Waals surface area contributed by atoms with Crippen molar-refractivity contribution in [3.8, 4) is 46.9 Å². The van der Waals surface area contributed by atoms with Gasteiger partial charge in [-0.25, -0.2) is 0 Å². The monoisotopic (exact) mass is 526 g/mol. The lowest BCUT2D eigenvalue weighted by Gasteiger charge is -2.14. The Balaban J connectivity index is 2.13. The van der Waals surface area contributed by atoms with E-state index in [9.17, 15) is 0 Å². The maximum Gasteiger partial charge on any atom is 0.0266 e. The van der Waals surface area contributed by atoms with Gasteiger partial charge in [0.1, 0.15) is 0 Å². The van der Waals surface area contributed by atoms with Crippen molar-refractivity contribution in [2.24, 2.45) is 0 Å². The summed E-state index contributed by atoms with van der Waals surface area (Å²) >= 11 is 11.1. The summed E-state index contributed by atoms with van der Waals surface area (Å²) in [5.41, 5.74) is 7.27. The van der Waals surface area contributed by atoms with Gasteiger partial charge in [-0.3, -0.25) is 0 Å². The lowest BCUT2D eigenvalue weighted by atomic mass is 9.96. The first-order valence-electron chi connectivity index (χ1n) is 7.78. The van der Waals surface area contributed by atoms with E-state index >= 15 is 0 Å². The molecule has 0 radical (unpaired) electrons. The van der Waals surface area contributed by atoms with Crippen molar-refractivity contribution >= 4 is 47.8 Å². The molecule has 0 nitrogen and oxygen atoms in total. The van der Waals surface area contributed by atoms with Crippen molar-refractivity contribution in [3.05, 3.63) is 78.6 Å². The molecule has 3 aromatic rings. The van der Waals surface area contributed by atoms with Crippen molar-refractivity contribution in [1.29, 1.82) is 0 Å². The summed E-state index contributed by atoms with van der Waals surface area (Å²) in [5.74, 6) is 5.33. The summed E-state index contributed by atoms with van der Waals surface area (Å²) in [6.07, 6.45) is 11.0. The zero-order chi connectivity index (χ0) is 18.8. The molecule has 0 aliphatic carbocycles. The Morgan fingerprint density at radius 3 is 1.58 bits per heavy atom. The Hall–Kier alpha value is -1.78. The Labute approximate surface area is 179 Å². The molecule has 3 aromatic carbocycles. The standard InChI is InChI=1S/C23H13Br3/c1-4-15-6-8-17(14(3)10-15)19-12-23(26)20(13-22(19)25)18-9-7-16(5-2)11-21(18)24/h1-2,6-13H,3H3. The van der Waals surface area contributed by atoms with E-state index in [1.807, 2.05) is 30.3 Å². The lowest BCUT2D eigenvalue weighted by Crippen LogP contribution is -1.90. The number of halogens is 3. The molecule has 3 heteroatoms. The van der Waals surface area contributed by atoms with Crippen molar-refractivity contribution in [1.82, 2.24) is 0 Å². The van der Waals surface area contributed by atoms with Crippen LogP contribution < -0.4 is 0 Å². The number of aryl methyl sites for hydroxylation is 1. The van der Waals surface area contributed by atoms with Gasteiger partial charge >= 0.3 is 0 Å². The maximum absolute atomic E-state index is 5.50. The third kappa shape index (κ3) is 3.67. The van der Waals surface area contributed by atoms with E-state index in [1.54, 1.807) is 0 Å². The summed E-state index contributed by atoms with van der Waals surface area (Å²) in [7, 11) is 0. The molecule has 126 valence electrons. The van der Waals surface area contributed by atoms with E-state index in [4.69, 9.17) is 12.8 Å². The second kappa shape index (κ2) is 7.85. The smallest absolute Gasteiger partial charge is 0.0266 e. The average molecular weight is 529 g/mol. The molecule has 0 spiro atoms. The molecule has 3 rings (SSSR count). The Bertz CT molecular complexity index is 1010. The van der Waals surface area contributed by atoms with Gasteiger partial charge in [0.15, 0.2) is 0 Å². The summed E-state index contributed by atoms with van der Waals surface area (Å²) in [5, 5.41) is 0. The van der Waals surface area contributed by atoms with Crippen molar-refractivity contribution in [3.63, 3.8) is 0 Å². The zero-order valence-corrected chi connectivity index (χ0v) is 18.7. The minimum Gasteiger partial charge on any atom is -0.115 e. The second-order valence-corrected chi connectivity index (χ2v) is 8.39. The molecule has 0 fully saturated rings. The molecule has 26 heavy (non-hydrogen) atoms. The topological polar surface area (TPSA) is 0 Å². The number of rotatable bonds is 2. The number of hydrogen-bond acceptors (Lipinski definition) is 0. The fourth-order valence-corrected chi connectivity index (χ4v) is 4.54. The molecule has 0 amide bonds. The third-order valence-corrected chi connectivity index (χ3v) is 6.13. The summed E-state index contributed by atoms with van der Waals surface area (Å²) < 4.78 is 2.98. The molecular weight excluding hydrogens is 516 g/mol. The van der Waals surface area contributed by atoms with Crippen LogP contribution in [0.15, 0.2) is 61.9 Å². The summed E-state index contributed by atoms with van der Waals surface area (Å²) in [6, 6.07) is 16.2. The molecule has 0 aliphatic heterocycles. The van der Waals surface area contributed by atoms with Crippen LogP contribution in [-0.2, 0) is 0 Å². The first-order valence-corrected chi connectivity index (χ1v) is 10.2. The van der Waals surface area contributed by atoms with Crippen LogP contribution in [-0.4, -0.2) is 0 Å². The predicted octanol–water partition coefficient (Wildman–Crippen LogP) is 7.58. The molecule has 0 atom stereocenters. The zero-order valence-electron chi connectivity index (χ0n) is 13.9. The van der Waals surface area contributed by atoms with E-state index in [1.165, 1.54) is 0 Å². The predicted molar refractivity (Wildman–Crippen MR) is 121 cm³/mol. The molecule has 0 unspecified atom stereocenters. The fraction of sp³-hybridized carbons (Fsp3) is 0.0435. The quantitative estimate of drug-likeness (QED) is 0.301. The maximum atomic E-state index is 5.50.